The van der Waals surface area contributed by atoms with Crippen molar-refractivity contribution in [2.45, 2.75) is 19.1 Å². The molecular formula is C17H20F4N4O4. The van der Waals surface area contributed by atoms with Gasteiger partial charge in [-0.3, -0.25) is 19.3 Å². The van der Waals surface area contributed by atoms with E-state index in [0.29, 0.717) is 4.90 Å². The van der Waals surface area contributed by atoms with Crippen LogP contribution in [-0.2, 0) is 19.1 Å². The molecule has 29 heavy (non-hydrogen) atoms. The molecule has 0 spiro atoms. The van der Waals surface area contributed by atoms with Crippen LogP contribution >= 0.6 is 0 Å². The van der Waals surface area contributed by atoms with Gasteiger partial charge in [-0.1, -0.05) is 6.92 Å². The molecule has 0 saturated carbocycles. The molecule has 0 unspecified atom stereocenters. The van der Waals surface area contributed by atoms with Crippen LogP contribution in [0.2, 0.25) is 0 Å². The number of nitrogens with zero attached hydrogens (tertiary/aromatic N) is 2. The lowest BCUT2D eigenvalue weighted by Gasteiger charge is -2.28. The molecule has 12 heteroatoms. The van der Waals surface area contributed by atoms with Crippen LogP contribution in [0.15, 0.2) is 18.2 Å². The predicted molar refractivity (Wildman–Crippen MR) is 94.5 cm³/mol. The maximum atomic E-state index is 14.4. The van der Waals surface area contributed by atoms with Gasteiger partial charge in [-0.25, -0.2) is 4.39 Å². The monoisotopic (exact) mass is 420 g/mol. The second kappa shape index (κ2) is 9.18. The third-order valence-electron chi connectivity index (χ3n) is 4.16. The zero-order valence-corrected chi connectivity index (χ0v) is 15.5. The van der Waals surface area contributed by atoms with Crippen molar-refractivity contribution in [1.29, 1.82) is 0 Å². The number of benzene rings is 1. The van der Waals surface area contributed by atoms with Crippen molar-refractivity contribution in [3.05, 3.63) is 24.0 Å². The Morgan fingerprint density at radius 2 is 2.07 bits per heavy atom. The Morgan fingerprint density at radius 1 is 1.38 bits per heavy atom. The van der Waals surface area contributed by atoms with Gasteiger partial charge in [0.1, 0.15) is 12.4 Å². The summed E-state index contributed by atoms with van der Waals surface area (Å²) in [7, 11) is 0. The van der Waals surface area contributed by atoms with Crippen LogP contribution in [0.1, 0.15) is 6.92 Å². The van der Waals surface area contributed by atoms with E-state index < -0.39 is 42.3 Å². The molecule has 3 amide bonds. The van der Waals surface area contributed by atoms with Gasteiger partial charge in [-0.05, 0) is 24.7 Å². The van der Waals surface area contributed by atoms with Gasteiger partial charge in [0.25, 0.3) is 11.8 Å². The van der Waals surface area contributed by atoms with Crippen molar-refractivity contribution in [2.24, 2.45) is 5.73 Å². The number of carbonyl (C=O) groups is 3. The second-order valence-corrected chi connectivity index (χ2v) is 6.24. The minimum absolute atomic E-state index is 0.0324. The number of likely N-dealkylation sites (N-methyl/N-ethyl adjacent to an activating group) is 1. The number of anilines is 2. The average Bonchev–Trinajstić information content (AvgIpc) is 2.60. The lowest BCUT2D eigenvalue weighted by Crippen LogP contribution is -2.54. The van der Waals surface area contributed by atoms with Crippen molar-refractivity contribution < 1.29 is 36.7 Å². The highest BCUT2D eigenvalue weighted by Gasteiger charge is 2.38. The van der Waals surface area contributed by atoms with Crippen LogP contribution in [0.25, 0.3) is 0 Å². The van der Waals surface area contributed by atoms with E-state index in [1.54, 1.807) is 0 Å². The van der Waals surface area contributed by atoms with Gasteiger partial charge in [0, 0.05) is 12.2 Å². The number of morpholine rings is 1. The molecule has 1 aromatic carbocycles. The highest BCUT2D eigenvalue weighted by atomic mass is 19.4. The Kier molecular flexibility index (Phi) is 7.14. The normalized spacial score (nSPS) is 16.1. The fraction of sp³-hybridized carbons (Fsp3) is 0.471. The summed E-state index contributed by atoms with van der Waals surface area (Å²) in [6, 6.07) is 1.50. The standard InChI is InChI=1S/C17H20F4N4O4/c1-2-24(9-17(19,20)21)14(15(22)27)16(28)23-10-3-4-12(11(18)7-10)25-5-6-29-8-13(25)26/h3-4,7,14H,2,5-6,8-9H2,1H3,(H2,22,27)(H,23,28)/t14-/m1/s1. The minimum Gasteiger partial charge on any atom is -0.370 e. The van der Waals surface area contributed by atoms with Crippen molar-refractivity contribution in [1.82, 2.24) is 4.90 Å². The molecule has 3 N–H and O–H groups in total. The molecule has 1 atom stereocenters. The molecular weight excluding hydrogens is 400 g/mol. The van der Waals surface area contributed by atoms with E-state index >= 15 is 0 Å². The molecule has 1 aromatic rings. The zero-order valence-electron chi connectivity index (χ0n) is 15.5. The number of rotatable bonds is 7. The van der Waals surface area contributed by atoms with E-state index in [0.717, 1.165) is 6.07 Å². The van der Waals surface area contributed by atoms with Gasteiger partial charge in [-0.15, -0.1) is 0 Å². The van der Waals surface area contributed by atoms with Crippen LogP contribution in [0.3, 0.4) is 0 Å². The number of hydrogen-bond acceptors (Lipinski definition) is 5. The fourth-order valence-corrected chi connectivity index (χ4v) is 2.88. The lowest BCUT2D eigenvalue weighted by molar-refractivity contribution is -0.156. The summed E-state index contributed by atoms with van der Waals surface area (Å²) in [6.07, 6.45) is -4.65. The molecule has 0 aromatic heterocycles. The molecule has 1 aliphatic rings. The Bertz CT molecular complexity index is 787. The minimum atomic E-state index is -4.65. The Morgan fingerprint density at radius 3 is 2.59 bits per heavy atom. The Labute approximate surface area is 163 Å². The van der Waals surface area contributed by atoms with Gasteiger partial charge >= 0.3 is 6.18 Å². The first kappa shape index (κ1) is 22.6. The van der Waals surface area contributed by atoms with Gasteiger partial charge in [0.15, 0.2) is 6.04 Å². The van der Waals surface area contributed by atoms with Gasteiger partial charge in [0.05, 0.1) is 18.8 Å². The molecule has 1 heterocycles. The number of primary amides is 1. The summed E-state index contributed by atoms with van der Waals surface area (Å²) in [4.78, 5) is 37.5. The number of hydrogen-bond donors (Lipinski definition) is 2. The lowest BCUT2D eigenvalue weighted by atomic mass is 10.2. The van der Waals surface area contributed by atoms with Crippen molar-refractivity contribution >= 4 is 29.1 Å². The number of nitrogens with one attached hydrogen (secondary N) is 1. The third kappa shape index (κ3) is 5.87. The quantitative estimate of drug-likeness (QED) is 0.503. The molecule has 2 rings (SSSR count). The van der Waals surface area contributed by atoms with E-state index in [9.17, 15) is 31.9 Å². The van der Waals surface area contributed by atoms with Crippen LogP contribution in [0, 0.1) is 5.82 Å². The van der Waals surface area contributed by atoms with Gasteiger partial charge in [-0.2, -0.15) is 13.2 Å². The smallest absolute Gasteiger partial charge is 0.370 e. The second-order valence-electron chi connectivity index (χ2n) is 6.24. The maximum Gasteiger partial charge on any atom is 0.401 e. The summed E-state index contributed by atoms with van der Waals surface area (Å²) in [5.74, 6) is -3.68. The highest BCUT2D eigenvalue weighted by molar-refractivity contribution is 6.09. The first-order valence-corrected chi connectivity index (χ1v) is 8.62. The molecule has 0 bridgehead atoms. The molecule has 8 nitrogen and oxygen atoms in total. The summed E-state index contributed by atoms with van der Waals surface area (Å²) >= 11 is 0. The largest absolute Gasteiger partial charge is 0.401 e. The molecule has 160 valence electrons. The van der Waals surface area contributed by atoms with Crippen LogP contribution < -0.4 is 16.0 Å². The number of alkyl halides is 3. The van der Waals surface area contributed by atoms with E-state index in [4.69, 9.17) is 10.5 Å². The van der Waals surface area contributed by atoms with Gasteiger partial charge in [0.2, 0.25) is 5.91 Å². The first-order chi connectivity index (χ1) is 13.5. The summed E-state index contributed by atoms with van der Waals surface area (Å²) in [6.45, 7) is -0.263. The number of carbonyl (C=O) groups excluding carboxylic acids is 3. The SMILES string of the molecule is CCN(CC(F)(F)F)[C@H](C(N)=O)C(=O)Nc1ccc(N2CCOCC2=O)c(F)c1. The zero-order chi connectivity index (χ0) is 21.8. The molecule has 0 aliphatic carbocycles. The summed E-state index contributed by atoms with van der Waals surface area (Å²) in [5.41, 5.74) is 4.98. The van der Waals surface area contributed by atoms with Crippen LogP contribution in [0.4, 0.5) is 28.9 Å². The van der Waals surface area contributed by atoms with E-state index in [1.807, 2.05) is 0 Å². The predicted octanol–water partition coefficient (Wildman–Crippen LogP) is 0.865. The highest BCUT2D eigenvalue weighted by Crippen LogP contribution is 2.25. The summed E-state index contributed by atoms with van der Waals surface area (Å²) < 4.78 is 57.5. The molecule has 0 radical (unpaired) electrons. The van der Waals surface area contributed by atoms with Crippen LogP contribution in [0.5, 0.6) is 0 Å². The fourth-order valence-electron chi connectivity index (χ4n) is 2.88. The number of amides is 3. The Balaban J connectivity index is 2.18. The number of halogens is 4. The van der Waals surface area contributed by atoms with E-state index in [-0.39, 0.29) is 37.7 Å². The molecule has 1 fully saturated rings. The number of nitrogens with two attached hydrogens (primary N) is 1. The maximum absolute atomic E-state index is 14.4. The van der Waals surface area contributed by atoms with Crippen molar-refractivity contribution in [2.75, 3.05) is 43.1 Å². The first-order valence-electron chi connectivity index (χ1n) is 8.62. The molecule has 1 aliphatic heterocycles. The molecule has 1 saturated heterocycles. The third-order valence-corrected chi connectivity index (χ3v) is 4.16. The van der Waals surface area contributed by atoms with Crippen molar-refractivity contribution in [3.63, 3.8) is 0 Å². The van der Waals surface area contributed by atoms with Crippen LogP contribution in [-0.4, -0.2) is 67.7 Å². The average molecular weight is 420 g/mol. The Hall–Kier alpha value is -2.73. The van der Waals surface area contributed by atoms with Crippen molar-refractivity contribution in [3.8, 4) is 0 Å². The number of ether oxygens (including phenoxy) is 1. The topological polar surface area (TPSA) is 105 Å². The van der Waals surface area contributed by atoms with E-state index in [1.165, 1.54) is 24.0 Å². The summed E-state index contributed by atoms with van der Waals surface area (Å²) in [5, 5.41) is 2.19. The van der Waals surface area contributed by atoms with E-state index in [2.05, 4.69) is 5.32 Å². The van der Waals surface area contributed by atoms with Gasteiger partial charge < -0.3 is 20.7 Å².